The minimum Gasteiger partial charge on any atom is -0.423 e. The highest BCUT2D eigenvalue weighted by Crippen LogP contribution is 2.34. The first-order valence-electron chi connectivity index (χ1n) is 7.80. The number of aromatic nitrogens is 4. The third kappa shape index (κ3) is 2.37. The van der Waals surface area contributed by atoms with Crippen molar-refractivity contribution in [1.29, 1.82) is 0 Å². The average Bonchev–Trinajstić information content (AvgIpc) is 3.24. The second-order valence-electron chi connectivity index (χ2n) is 6.34. The highest BCUT2D eigenvalue weighted by atomic mass is 16.4. The Morgan fingerprint density at radius 2 is 2.13 bits per heavy atom. The SMILES string of the molecule is CC(C)n1cc([C@@]2(O)CCN(c3nc4ccccc4o3)C2)nn1. The Morgan fingerprint density at radius 1 is 1.30 bits per heavy atom. The highest BCUT2D eigenvalue weighted by Gasteiger charge is 2.41. The minimum atomic E-state index is -1.02. The maximum atomic E-state index is 10.9. The first kappa shape index (κ1) is 14.2. The van der Waals surface area contributed by atoms with Crippen molar-refractivity contribution in [2.24, 2.45) is 0 Å². The number of hydrogen-bond donors (Lipinski definition) is 1. The Labute approximate surface area is 133 Å². The van der Waals surface area contributed by atoms with Crippen molar-refractivity contribution in [3.05, 3.63) is 36.2 Å². The quantitative estimate of drug-likeness (QED) is 0.797. The Bertz CT molecular complexity index is 807. The van der Waals surface area contributed by atoms with Crippen LogP contribution in [0.15, 0.2) is 34.9 Å². The molecule has 3 heterocycles. The summed E-state index contributed by atoms with van der Waals surface area (Å²) in [5, 5.41) is 19.2. The van der Waals surface area contributed by atoms with Gasteiger partial charge in [-0.25, -0.2) is 4.68 Å². The molecule has 1 atom stereocenters. The van der Waals surface area contributed by atoms with E-state index in [0.29, 0.717) is 31.2 Å². The van der Waals surface area contributed by atoms with Gasteiger partial charge in [0.25, 0.3) is 6.01 Å². The lowest BCUT2D eigenvalue weighted by Crippen LogP contribution is -2.31. The second-order valence-corrected chi connectivity index (χ2v) is 6.34. The zero-order chi connectivity index (χ0) is 16.0. The van der Waals surface area contributed by atoms with E-state index < -0.39 is 5.60 Å². The summed E-state index contributed by atoms with van der Waals surface area (Å²) in [6.07, 6.45) is 2.39. The van der Waals surface area contributed by atoms with Crippen LogP contribution >= 0.6 is 0 Å². The molecule has 4 rings (SSSR count). The van der Waals surface area contributed by atoms with E-state index in [1.165, 1.54) is 0 Å². The zero-order valence-electron chi connectivity index (χ0n) is 13.2. The summed E-state index contributed by atoms with van der Waals surface area (Å²) in [6, 6.07) is 8.41. The van der Waals surface area contributed by atoms with Crippen LogP contribution in [0, 0.1) is 0 Å². The van der Waals surface area contributed by atoms with E-state index >= 15 is 0 Å². The van der Waals surface area contributed by atoms with E-state index in [1.54, 1.807) is 4.68 Å². The van der Waals surface area contributed by atoms with E-state index in [0.717, 1.165) is 11.1 Å². The molecule has 23 heavy (non-hydrogen) atoms. The summed E-state index contributed by atoms with van der Waals surface area (Å²) in [7, 11) is 0. The van der Waals surface area contributed by atoms with Crippen molar-refractivity contribution in [3.63, 3.8) is 0 Å². The van der Waals surface area contributed by atoms with E-state index in [-0.39, 0.29) is 6.04 Å². The van der Waals surface area contributed by atoms with Crippen LogP contribution in [-0.4, -0.2) is 38.2 Å². The van der Waals surface area contributed by atoms with Crippen molar-refractivity contribution in [1.82, 2.24) is 20.0 Å². The molecule has 0 aliphatic carbocycles. The third-order valence-electron chi connectivity index (χ3n) is 4.32. The molecule has 1 saturated heterocycles. The number of aliphatic hydroxyl groups is 1. The highest BCUT2D eigenvalue weighted by molar-refractivity contribution is 5.74. The smallest absolute Gasteiger partial charge is 0.298 e. The summed E-state index contributed by atoms with van der Waals surface area (Å²) in [5.74, 6) is 0. The number of oxazole rings is 1. The Hall–Kier alpha value is -2.41. The van der Waals surface area contributed by atoms with Gasteiger partial charge in [-0.2, -0.15) is 4.98 Å². The summed E-state index contributed by atoms with van der Waals surface area (Å²) >= 11 is 0. The molecule has 1 fully saturated rings. The molecule has 1 aliphatic heterocycles. The molecule has 1 aliphatic rings. The number of nitrogens with zero attached hydrogens (tertiary/aromatic N) is 5. The first-order valence-corrected chi connectivity index (χ1v) is 7.80. The van der Waals surface area contributed by atoms with E-state index in [9.17, 15) is 5.11 Å². The van der Waals surface area contributed by atoms with Crippen molar-refractivity contribution in [2.75, 3.05) is 18.0 Å². The van der Waals surface area contributed by atoms with Crippen LogP contribution in [0.25, 0.3) is 11.1 Å². The lowest BCUT2D eigenvalue weighted by Gasteiger charge is -2.19. The van der Waals surface area contributed by atoms with Crippen LogP contribution in [0.4, 0.5) is 6.01 Å². The molecule has 1 aromatic carbocycles. The average molecular weight is 313 g/mol. The van der Waals surface area contributed by atoms with Gasteiger partial charge in [0.1, 0.15) is 16.8 Å². The maximum absolute atomic E-state index is 10.9. The molecule has 0 spiro atoms. The number of hydrogen-bond acceptors (Lipinski definition) is 6. The molecule has 120 valence electrons. The number of rotatable bonds is 3. The molecular formula is C16H19N5O2. The van der Waals surface area contributed by atoms with E-state index in [1.807, 2.05) is 49.2 Å². The zero-order valence-corrected chi connectivity index (χ0v) is 13.2. The van der Waals surface area contributed by atoms with E-state index in [2.05, 4.69) is 15.3 Å². The summed E-state index contributed by atoms with van der Waals surface area (Å²) < 4.78 is 7.55. The second kappa shape index (κ2) is 5.06. The predicted octanol–water partition coefficient (Wildman–Crippen LogP) is 2.10. The minimum absolute atomic E-state index is 0.217. The number of β-amino-alcohol motifs (C(OH)–C–C–N with tert-alkyl or cyclic N) is 1. The molecule has 2 aromatic heterocycles. The van der Waals surface area contributed by atoms with Crippen LogP contribution < -0.4 is 4.90 Å². The number of fused-ring (bicyclic) bond motifs is 1. The van der Waals surface area contributed by atoms with Gasteiger partial charge in [-0.3, -0.25) is 0 Å². The fourth-order valence-corrected chi connectivity index (χ4v) is 2.90. The summed E-state index contributed by atoms with van der Waals surface area (Å²) in [5.41, 5.74) is 1.16. The van der Waals surface area contributed by atoms with E-state index in [4.69, 9.17) is 4.42 Å². The fraction of sp³-hybridized carbons (Fsp3) is 0.438. The third-order valence-corrected chi connectivity index (χ3v) is 4.32. The molecule has 1 N–H and O–H groups in total. The number of anilines is 1. The van der Waals surface area contributed by atoms with Gasteiger partial charge in [-0.1, -0.05) is 17.3 Å². The van der Waals surface area contributed by atoms with Gasteiger partial charge in [0, 0.05) is 19.0 Å². The maximum Gasteiger partial charge on any atom is 0.298 e. The standard InChI is InChI=1S/C16H19N5O2/c1-11(2)21-9-14(18-19-21)16(22)7-8-20(10-16)15-17-12-5-3-4-6-13(12)23-15/h3-6,9,11,22H,7-8,10H2,1-2H3/t16-/m1/s1. The van der Waals surface area contributed by atoms with Gasteiger partial charge in [0.05, 0.1) is 12.7 Å². The monoisotopic (exact) mass is 313 g/mol. The van der Waals surface area contributed by atoms with Crippen LogP contribution in [0.5, 0.6) is 0 Å². The van der Waals surface area contributed by atoms with Crippen molar-refractivity contribution >= 4 is 17.1 Å². The Morgan fingerprint density at radius 3 is 2.87 bits per heavy atom. The summed E-state index contributed by atoms with van der Waals surface area (Å²) in [6.45, 7) is 5.12. The van der Waals surface area contributed by atoms with Crippen LogP contribution in [0.2, 0.25) is 0 Å². The lowest BCUT2D eigenvalue weighted by molar-refractivity contribution is 0.0556. The van der Waals surface area contributed by atoms with Gasteiger partial charge in [0.15, 0.2) is 5.58 Å². The molecule has 0 unspecified atom stereocenters. The molecule has 7 heteroatoms. The first-order chi connectivity index (χ1) is 11.0. The summed E-state index contributed by atoms with van der Waals surface area (Å²) in [4.78, 5) is 6.45. The Balaban J connectivity index is 1.59. The van der Waals surface area contributed by atoms with Crippen LogP contribution in [0.1, 0.15) is 32.0 Å². The number of benzene rings is 1. The van der Waals surface area contributed by atoms with Crippen molar-refractivity contribution in [2.45, 2.75) is 31.9 Å². The normalized spacial score (nSPS) is 21.7. The van der Waals surface area contributed by atoms with Gasteiger partial charge >= 0.3 is 0 Å². The molecule has 7 nitrogen and oxygen atoms in total. The largest absolute Gasteiger partial charge is 0.423 e. The fourth-order valence-electron chi connectivity index (χ4n) is 2.90. The molecule has 3 aromatic rings. The van der Waals surface area contributed by atoms with Gasteiger partial charge in [-0.15, -0.1) is 5.10 Å². The molecule has 0 saturated carbocycles. The Kier molecular flexibility index (Phi) is 3.12. The van der Waals surface area contributed by atoms with Crippen molar-refractivity contribution < 1.29 is 9.52 Å². The predicted molar refractivity (Wildman–Crippen MR) is 85.1 cm³/mol. The molecular weight excluding hydrogens is 294 g/mol. The molecule has 0 radical (unpaired) electrons. The molecule has 0 amide bonds. The van der Waals surface area contributed by atoms with Gasteiger partial charge < -0.3 is 14.4 Å². The number of para-hydroxylation sites is 2. The van der Waals surface area contributed by atoms with Crippen LogP contribution in [0.3, 0.4) is 0 Å². The topological polar surface area (TPSA) is 80.2 Å². The van der Waals surface area contributed by atoms with Gasteiger partial charge in [0.2, 0.25) is 0 Å². The van der Waals surface area contributed by atoms with Gasteiger partial charge in [-0.05, 0) is 26.0 Å². The van der Waals surface area contributed by atoms with Crippen molar-refractivity contribution in [3.8, 4) is 0 Å². The molecule has 0 bridgehead atoms. The lowest BCUT2D eigenvalue weighted by atomic mass is 10.00. The van der Waals surface area contributed by atoms with Crippen LogP contribution in [-0.2, 0) is 5.60 Å².